The molecule has 17 heavy (non-hydrogen) atoms. The number of amides is 1. The van der Waals surface area contributed by atoms with Crippen LogP contribution in [0.3, 0.4) is 0 Å². The minimum Gasteiger partial charge on any atom is -0.465 e. The van der Waals surface area contributed by atoms with Crippen LogP contribution < -0.4 is 5.32 Å². The molecule has 1 aliphatic heterocycles. The summed E-state index contributed by atoms with van der Waals surface area (Å²) < 4.78 is 0. The summed E-state index contributed by atoms with van der Waals surface area (Å²) in [5, 5.41) is 12.2. The molecule has 1 aromatic heterocycles. The molecule has 1 fully saturated rings. The smallest absolute Gasteiger partial charge is 0.407 e. The normalized spacial score (nSPS) is 16.8. The van der Waals surface area contributed by atoms with Gasteiger partial charge in [-0.05, 0) is 30.9 Å². The van der Waals surface area contributed by atoms with Gasteiger partial charge in [-0.1, -0.05) is 0 Å². The Morgan fingerprint density at radius 1 is 1.41 bits per heavy atom. The fraction of sp³-hybridized carbons (Fsp3) is 0.500. The third kappa shape index (κ3) is 3.34. The van der Waals surface area contributed by atoms with Crippen LogP contribution in [0.1, 0.15) is 12.8 Å². The second kappa shape index (κ2) is 5.52. The molecular weight excluding hydrogens is 218 g/mol. The van der Waals surface area contributed by atoms with Gasteiger partial charge in [0.15, 0.2) is 0 Å². The van der Waals surface area contributed by atoms with Gasteiger partial charge in [0.05, 0.1) is 0 Å². The highest BCUT2D eigenvalue weighted by Crippen LogP contribution is 2.18. The predicted molar refractivity (Wildman–Crippen MR) is 65.0 cm³/mol. The predicted octanol–water partition coefficient (Wildman–Crippen LogP) is 1.88. The molecule has 1 amide bonds. The molecular formula is C12H17N3O2. The van der Waals surface area contributed by atoms with Crippen molar-refractivity contribution in [2.24, 2.45) is 5.92 Å². The van der Waals surface area contributed by atoms with Crippen molar-refractivity contribution in [1.29, 1.82) is 0 Å². The average Bonchev–Trinajstić information content (AvgIpc) is 2.38. The van der Waals surface area contributed by atoms with E-state index in [2.05, 4.69) is 10.3 Å². The van der Waals surface area contributed by atoms with Crippen molar-refractivity contribution in [2.45, 2.75) is 12.8 Å². The first-order chi connectivity index (χ1) is 8.25. The molecule has 0 saturated carbocycles. The lowest BCUT2D eigenvalue weighted by molar-refractivity contribution is 0.126. The van der Waals surface area contributed by atoms with Crippen LogP contribution in [-0.4, -0.2) is 40.7 Å². The molecule has 0 aliphatic carbocycles. The molecule has 5 heteroatoms. The maximum absolute atomic E-state index is 10.7. The van der Waals surface area contributed by atoms with E-state index in [1.807, 2.05) is 12.1 Å². The fourth-order valence-corrected chi connectivity index (χ4v) is 2.06. The topological polar surface area (TPSA) is 65.5 Å². The van der Waals surface area contributed by atoms with Crippen LogP contribution in [0.5, 0.6) is 0 Å². The number of nitrogens with zero attached hydrogens (tertiary/aromatic N) is 2. The quantitative estimate of drug-likeness (QED) is 0.839. The number of hydrogen-bond donors (Lipinski definition) is 2. The lowest BCUT2D eigenvalue weighted by atomic mass is 9.97. The Hall–Kier alpha value is -1.78. The summed E-state index contributed by atoms with van der Waals surface area (Å²) in [6, 6.07) is 3.87. The van der Waals surface area contributed by atoms with Crippen LogP contribution in [0.2, 0.25) is 0 Å². The molecule has 1 aliphatic rings. The molecule has 0 bridgehead atoms. The largest absolute Gasteiger partial charge is 0.465 e. The number of hydrogen-bond acceptors (Lipinski definition) is 3. The zero-order valence-corrected chi connectivity index (χ0v) is 9.67. The van der Waals surface area contributed by atoms with Gasteiger partial charge in [0.25, 0.3) is 0 Å². The summed E-state index contributed by atoms with van der Waals surface area (Å²) in [5.41, 5.74) is 1.07. The van der Waals surface area contributed by atoms with Crippen LogP contribution in [0.4, 0.5) is 10.5 Å². The molecule has 0 unspecified atom stereocenters. The zero-order chi connectivity index (χ0) is 12.1. The number of carboxylic acid groups (broad SMARTS) is 1. The van der Waals surface area contributed by atoms with Crippen LogP contribution >= 0.6 is 0 Å². The van der Waals surface area contributed by atoms with E-state index in [0.29, 0.717) is 19.0 Å². The van der Waals surface area contributed by atoms with Crippen molar-refractivity contribution in [2.75, 3.05) is 25.0 Å². The molecule has 0 radical (unpaired) electrons. The molecule has 5 nitrogen and oxygen atoms in total. The Bertz CT molecular complexity index is 361. The second-order valence-electron chi connectivity index (χ2n) is 4.33. The van der Waals surface area contributed by atoms with Gasteiger partial charge in [0.1, 0.15) is 0 Å². The lowest BCUT2D eigenvalue weighted by Crippen LogP contribution is -2.39. The molecule has 2 N–H and O–H groups in total. The summed E-state index contributed by atoms with van der Waals surface area (Å²) in [5.74, 6) is 0.554. The monoisotopic (exact) mass is 235 g/mol. The number of nitrogens with one attached hydrogen (secondary N) is 1. The average molecular weight is 235 g/mol. The number of anilines is 1. The van der Waals surface area contributed by atoms with Crippen molar-refractivity contribution in [3.05, 3.63) is 24.5 Å². The number of aromatic nitrogens is 1. The Morgan fingerprint density at radius 2 is 2.06 bits per heavy atom. The summed E-state index contributed by atoms with van der Waals surface area (Å²) in [4.78, 5) is 16.2. The van der Waals surface area contributed by atoms with Gasteiger partial charge in [-0.2, -0.15) is 0 Å². The van der Waals surface area contributed by atoms with Crippen LogP contribution in [-0.2, 0) is 0 Å². The number of likely N-dealkylation sites (tertiary alicyclic amines) is 1. The van der Waals surface area contributed by atoms with E-state index in [1.54, 1.807) is 12.4 Å². The number of carbonyl (C=O) groups is 1. The molecule has 0 aromatic carbocycles. The first-order valence-corrected chi connectivity index (χ1v) is 5.87. The van der Waals surface area contributed by atoms with Crippen LogP contribution in [0.15, 0.2) is 24.5 Å². The maximum atomic E-state index is 10.7. The minimum absolute atomic E-state index is 0.554. The number of piperidine rings is 1. The van der Waals surface area contributed by atoms with E-state index in [0.717, 1.165) is 25.1 Å². The van der Waals surface area contributed by atoms with Crippen LogP contribution in [0, 0.1) is 5.92 Å². The van der Waals surface area contributed by atoms with E-state index in [-0.39, 0.29) is 0 Å². The van der Waals surface area contributed by atoms with E-state index in [1.165, 1.54) is 4.90 Å². The molecule has 2 rings (SSSR count). The van der Waals surface area contributed by atoms with Crippen molar-refractivity contribution in [3.63, 3.8) is 0 Å². The second-order valence-corrected chi connectivity index (χ2v) is 4.33. The van der Waals surface area contributed by atoms with E-state index in [9.17, 15) is 4.79 Å². The zero-order valence-electron chi connectivity index (χ0n) is 9.67. The minimum atomic E-state index is -0.800. The molecule has 92 valence electrons. The highest BCUT2D eigenvalue weighted by Gasteiger charge is 2.21. The SMILES string of the molecule is O=C(O)N1CCC(CNc2ccncc2)CC1. The van der Waals surface area contributed by atoms with Crippen molar-refractivity contribution >= 4 is 11.8 Å². The first kappa shape index (κ1) is 11.7. The molecule has 0 spiro atoms. The summed E-state index contributed by atoms with van der Waals surface area (Å²) >= 11 is 0. The van der Waals surface area contributed by atoms with Gasteiger partial charge in [-0.3, -0.25) is 4.98 Å². The van der Waals surface area contributed by atoms with Gasteiger partial charge in [-0.15, -0.1) is 0 Å². The Kier molecular flexibility index (Phi) is 3.80. The highest BCUT2D eigenvalue weighted by atomic mass is 16.4. The van der Waals surface area contributed by atoms with Crippen molar-refractivity contribution in [3.8, 4) is 0 Å². The number of rotatable bonds is 3. The van der Waals surface area contributed by atoms with Crippen molar-refractivity contribution in [1.82, 2.24) is 9.88 Å². The van der Waals surface area contributed by atoms with Gasteiger partial charge < -0.3 is 15.3 Å². The van der Waals surface area contributed by atoms with E-state index in [4.69, 9.17) is 5.11 Å². The molecule has 2 heterocycles. The third-order valence-electron chi connectivity index (χ3n) is 3.16. The Balaban J connectivity index is 1.74. The number of pyridine rings is 1. The maximum Gasteiger partial charge on any atom is 0.407 e. The highest BCUT2D eigenvalue weighted by molar-refractivity contribution is 5.64. The first-order valence-electron chi connectivity index (χ1n) is 5.87. The lowest BCUT2D eigenvalue weighted by Gasteiger charge is -2.30. The third-order valence-corrected chi connectivity index (χ3v) is 3.16. The van der Waals surface area contributed by atoms with Gasteiger partial charge in [-0.25, -0.2) is 4.79 Å². The van der Waals surface area contributed by atoms with E-state index >= 15 is 0 Å². The summed E-state index contributed by atoms with van der Waals surface area (Å²) in [7, 11) is 0. The Labute approximate surface area is 100 Å². The van der Waals surface area contributed by atoms with Gasteiger partial charge in [0, 0.05) is 37.7 Å². The molecule has 1 saturated heterocycles. The standard InChI is InChI=1S/C12H17N3O2/c16-12(17)15-7-3-10(4-8-15)9-14-11-1-5-13-6-2-11/h1-2,5-6,10H,3-4,7-9H2,(H,13,14)(H,16,17). The fourth-order valence-electron chi connectivity index (χ4n) is 2.06. The Morgan fingerprint density at radius 3 is 2.65 bits per heavy atom. The van der Waals surface area contributed by atoms with Crippen LogP contribution in [0.25, 0.3) is 0 Å². The molecule has 1 aromatic rings. The van der Waals surface area contributed by atoms with Crippen molar-refractivity contribution < 1.29 is 9.90 Å². The van der Waals surface area contributed by atoms with Gasteiger partial charge >= 0.3 is 6.09 Å². The summed E-state index contributed by atoms with van der Waals surface area (Å²) in [6.45, 7) is 2.20. The van der Waals surface area contributed by atoms with Gasteiger partial charge in [0.2, 0.25) is 0 Å². The van der Waals surface area contributed by atoms with E-state index < -0.39 is 6.09 Å². The molecule has 0 atom stereocenters. The summed E-state index contributed by atoms with van der Waals surface area (Å²) in [6.07, 6.45) is 4.59.